The van der Waals surface area contributed by atoms with Crippen molar-refractivity contribution in [2.24, 2.45) is 0 Å². The van der Waals surface area contributed by atoms with Crippen molar-refractivity contribution >= 4 is 53.3 Å². The fraction of sp³-hybridized carbons (Fsp3) is 0.174. The first-order chi connectivity index (χ1) is 14.4. The highest BCUT2D eigenvalue weighted by atomic mass is 79.9. The largest absolute Gasteiger partial charge is 0.744 e. The lowest BCUT2D eigenvalue weighted by Crippen LogP contribution is -2.12. The van der Waals surface area contributed by atoms with E-state index in [9.17, 15) is 22.9 Å². The summed E-state index contributed by atoms with van der Waals surface area (Å²) in [6, 6.07) is 7.80. The summed E-state index contributed by atoms with van der Waals surface area (Å²) in [5.41, 5.74) is 4.58. The third-order valence-corrected chi connectivity index (χ3v) is 8.15. The molecule has 0 spiro atoms. The number of carbonyl (C=O) groups excluding carboxylic acids is 1. The van der Waals surface area contributed by atoms with Gasteiger partial charge in [-0.05, 0) is 111 Å². The molecule has 0 saturated heterocycles. The number of phenols is 1. The van der Waals surface area contributed by atoms with Crippen molar-refractivity contribution in [3.8, 4) is 5.75 Å². The Morgan fingerprint density at radius 1 is 1.06 bits per heavy atom. The minimum absolute atomic E-state index is 0.0881. The maximum absolute atomic E-state index is 12.1. The Bertz CT molecular complexity index is 1330. The molecule has 0 amide bonds. The van der Waals surface area contributed by atoms with E-state index in [2.05, 4.69) is 31.9 Å². The summed E-state index contributed by atoms with van der Waals surface area (Å²) in [7, 11) is -4.77. The van der Waals surface area contributed by atoms with Crippen LogP contribution in [0.2, 0.25) is 0 Å². The number of aromatic hydroxyl groups is 1. The first-order valence-electron chi connectivity index (χ1n) is 9.26. The molecular formula is C23H20Br2O5S. The van der Waals surface area contributed by atoms with E-state index >= 15 is 0 Å². The van der Waals surface area contributed by atoms with Gasteiger partial charge in [0.1, 0.15) is 20.4 Å². The Kier molecular flexibility index (Phi) is 6.49. The van der Waals surface area contributed by atoms with Crippen LogP contribution in [0.4, 0.5) is 0 Å². The van der Waals surface area contributed by atoms with Crippen molar-refractivity contribution < 1.29 is 22.9 Å². The fourth-order valence-corrected chi connectivity index (χ4v) is 5.31. The molecule has 8 heteroatoms. The number of rotatable bonds is 3. The van der Waals surface area contributed by atoms with Gasteiger partial charge in [0.05, 0.1) is 14.9 Å². The Hall–Kier alpha value is -2.00. The summed E-state index contributed by atoms with van der Waals surface area (Å²) in [5.74, 6) is 0.176. The summed E-state index contributed by atoms with van der Waals surface area (Å²) in [4.78, 5) is 10.0. The SMILES string of the molecule is CC1=C/C(=C(/c2ccccc2S(=O)(=O)[O-])c2cc(C)c(O)c(Br)c2C)C(C)=C(Br)C1=[OH+]. The van der Waals surface area contributed by atoms with E-state index in [4.69, 9.17) is 0 Å². The molecule has 0 atom stereocenters. The van der Waals surface area contributed by atoms with Crippen molar-refractivity contribution in [3.63, 3.8) is 0 Å². The van der Waals surface area contributed by atoms with E-state index in [1.54, 1.807) is 52.0 Å². The third kappa shape index (κ3) is 4.22. The maximum Gasteiger partial charge on any atom is 0.357 e. The smallest absolute Gasteiger partial charge is 0.357 e. The molecule has 0 radical (unpaired) electrons. The minimum atomic E-state index is -4.77. The van der Waals surface area contributed by atoms with Crippen LogP contribution in [0.15, 0.2) is 67.0 Å². The molecule has 0 saturated carbocycles. The summed E-state index contributed by atoms with van der Waals surface area (Å²) in [5, 5.41) is 10.4. The molecule has 3 rings (SSSR count). The molecule has 2 aromatic rings. The van der Waals surface area contributed by atoms with Crippen LogP contribution >= 0.6 is 31.9 Å². The number of ketones is 1. The molecule has 0 aromatic heterocycles. The molecule has 0 aliphatic heterocycles. The van der Waals surface area contributed by atoms with E-state index < -0.39 is 10.1 Å². The fourth-order valence-electron chi connectivity index (χ4n) is 3.57. The summed E-state index contributed by atoms with van der Waals surface area (Å²) in [6.45, 7) is 7.07. The first-order valence-corrected chi connectivity index (χ1v) is 12.3. The van der Waals surface area contributed by atoms with Crippen LogP contribution in [0.3, 0.4) is 0 Å². The van der Waals surface area contributed by atoms with E-state index in [0.717, 1.165) is 0 Å². The molecule has 0 fully saturated rings. The molecule has 2 aromatic carbocycles. The van der Waals surface area contributed by atoms with Gasteiger partial charge >= 0.3 is 5.78 Å². The quantitative estimate of drug-likeness (QED) is 0.382. The first kappa shape index (κ1) is 23.7. The average molecular weight is 568 g/mol. The van der Waals surface area contributed by atoms with Gasteiger partial charge in [0.2, 0.25) is 0 Å². The highest BCUT2D eigenvalue weighted by Gasteiger charge is 2.29. The second kappa shape index (κ2) is 8.50. The molecule has 162 valence electrons. The predicted octanol–water partition coefficient (Wildman–Crippen LogP) is 5.65. The predicted molar refractivity (Wildman–Crippen MR) is 128 cm³/mol. The van der Waals surface area contributed by atoms with Crippen molar-refractivity contribution in [2.75, 3.05) is 0 Å². The third-order valence-electron chi connectivity index (χ3n) is 5.32. The maximum atomic E-state index is 12.1. The standard InChI is InChI=1S/C23H20Br2O5S/c1-11-9-16(13(3)20(24)22(11)26)19(15-7-5-6-8-18(15)31(28,29)30)17-10-12(2)23(27)21(25)14(17)4/h5-10,26H,1-4H3,(H,28,29,30)/b19-17+. The van der Waals surface area contributed by atoms with E-state index in [1.807, 2.05) is 0 Å². The molecule has 2 N–H and O–H groups in total. The van der Waals surface area contributed by atoms with Gasteiger partial charge in [-0.1, -0.05) is 18.2 Å². The van der Waals surface area contributed by atoms with Gasteiger partial charge in [-0.25, -0.2) is 8.42 Å². The molecular weight excluding hydrogens is 548 g/mol. The van der Waals surface area contributed by atoms with Gasteiger partial charge in [0, 0.05) is 5.56 Å². The van der Waals surface area contributed by atoms with Crippen LogP contribution in [0.1, 0.15) is 36.1 Å². The number of halogens is 2. The van der Waals surface area contributed by atoms with Crippen LogP contribution in [0.25, 0.3) is 5.57 Å². The lowest BCUT2D eigenvalue weighted by Gasteiger charge is -2.23. The zero-order chi connectivity index (χ0) is 23.2. The number of hydrogen-bond donors (Lipinski definition) is 1. The van der Waals surface area contributed by atoms with Crippen LogP contribution in [0, 0.1) is 13.8 Å². The normalized spacial score (nSPS) is 16.5. The lowest BCUT2D eigenvalue weighted by atomic mass is 9.83. The van der Waals surface area contributed by atoms with Crippen LogP contribution in [-0.4, -0.2) is 28.7 Å². The number of allylic oxidation sites excluding steroid dienone is 5. The van der Waals surface area contributed by atoms with Gasteiger partial charge in [0.15, 0.2) is 0 Å². The number of phenolic OH excluding ortho intramolecular Hbond substituents is 1. The molecule has 0 bridgehead atoms. The lowest BCUT2D eigenvalue weighted by molar-refractivity contribution is 0.462. The molecule has 0 unspecified atom stereocenters. The Balaban J connectivity index is 2.59. The average Bonchev–Trinajstić information content (AvgIpc) is 2.72. The second-order valence-corrected chi connectivity index (χ2v) is 10.3. The topological polar surface area (TPSA) is 98.8 Å². The summed E-state index contributed by atoms with van der Waals surface area (Å²) < 4.78 is 37.3. The Labute approximate surface area is 198 Å². The molecule has 1 aliphatic carbocycles. The van der Waals surface area contributed by atoms with Crippen molar-refractivity contribution in [1.29, 1.82) is 0 Å². The van der Waals surface area contributed by atoms with E-state index in [0.29, 0.717) is 47.9 Å². The van der Waals surface area contributed by atoms with Crippen LogP contribution in [-0.2, 0) is 10.1 Å². The summed E-state index contributed by atoms with van der Waals surface area (Å²) in [6.07, 6.45) is 1.76. The van der Waals surface area contributed by atoms with Gasteiger partial charge in [-0.2, -0.15) is 0 Å². The van der Waals surface area contributed by atoms with Crippen molar-refractivity contribution in [3.05, 3.63) is 84.3 Å². The zero-order valence-electron chi connectivity index (χ0n) is 17.2. The monoisotopic (exact) mass is 566 g/mol. The zero-order valence-corrected chi connectivity index (χ0v) is 21.2. The molecule has 5 nitrogen and oxygen atoms in total. The molecule has 31 heavy (non-hydrogen) atoms. The molecule has 0 heterocycles. The highest BCUT2D eigenvalue weighted by molar-refractivity contribution is 9.12. The van der Waals surface area contributed by atoms with Gasteiger partial charge in [-0.15, -0.1) is 0 Å². The number of benzene rings is 2. The van der Waals surface area contributed by atoms with Crippen LogP contribution < -0.4 is 0 Å². The number of hydrogen-bond acceptors (Lipinski definition) is 4. The number of aryl methyl sites for hydroxylation is 1. The Morgan fingerprint density at radius 2 is 1.68 bits per heavy atom. The van der Waals surface area contributed by atoms with Crippen molar-refractivity contribution in [2.45, 2.75) is 32.6 Å². The van der Waals surface area contributed by atoms with Crippen LogP contribution in [0.5, 0.6) is 5.75 Å². The minimum Gasteiger partial charge on any atom is -0.744 e. The van der Waals surface area contributed by atoms with Gasteiger partial charge < -0.3 is 9.66 Å². The van der Waals surface area contributed by atoms with E-state index in [-0.39, 0.29) is 22.0 Å². The summed E-state index contributed by atoms with van der Waals surface area (Å²) >= 11 is 6.84. The second-order valence-electron chi connectivity index (χ2n) is 7.38. The van der Waals surface area contributed by atoms with Crippen molar-refractivity contribution in [1.82, 2.24) is 0 Å². The van der Waals surface area contributed by atoms with E-state index in [1.165, 1.54) is 12.1 Å². The highest BCUT2D eigenvalue weighted by Crippen LogP contribution is 2.43. The molecule has 1 aliphatic rings. The van der Waals surface area contributed by atoms with Gasteiger partial charge in [0.25, 0.3) is 0 Å². The van der Waals surface area contributed by atoms with Gasteiger partial charge in [-0.3, -0.25) is 4.79 Å². The Morgan fingerprint density at radius 3 is 2.29 bits per heavy atom.